The Bertz CT molecular complexity index is 1190. The third-order valence-electron chi connectivity index (χ3n) is 4.45. The molecule has 166 valence electrons. The van der Waals surface area contributed by atoms with Crippen LogP contribution in [0, 0.1) is 0 Å². The van der Waals surface area contributed by atoms with Crippen LogP contribution in [0.15, 0.2) is 63.0 Å². The third-order valence-corrected chi connectivity index (χ3v) is 4.68. The van der Waals surface area contributed by atoms with E-state index in [-0.39, 0.29) is 17.5 Å². The van der Waals surface area contributed by atoms with Crippen LogP contribution in [0.1, 0.15) is 35.7 Å². The zero-order chi connectivity index (χ0) is 22.9. The van der Waals surface area contributed by atoms with Gasteiger partial charge in [0.05, 0.1) is 30.3 Å². The van der Waals surface area contributed by atoms with Crippen molar-refractivity contribution in [2.75, 3.05) is 13.2 Å². The maximum absolute atomic E-state index is 12.4. The van der Waals surface area contributed by atoms with Crippen LogP contribution in [-0.2, 0) is 4.79 Å². The molecular formula is C23H22ClN3O5. The first kappa shape index (κ1) is 23.0. The summed E-state index contributed by atoms with van der Waals surface area (Å²) in [5.41, 5.74) is 2.86. The molecule has 2 amide bonds. The molecule has 1 aromatic heterocycles. The number of halogens is 1. The number of hydrogen-bond acceptors (Lipinski definition) is 6. The Morgan fingerprint density at radius 2 is 1.97 bits per heavy atom. The number of rotatable bonds is 9. The van der Waals surface area contributed by atoms with Crippen molar-refractivity contribution in [2.45, 2.75) is 19.8 Å². The van der Waals surface area contributed by atoms with Gasteiger partial charge in [-0.15, -0.1) is 0 Å². The lowest BCUT2D eigenvalue weighted by molar-refractivity contribution is -0.120. The molecule has 0 saturated carbocycles. The number of hydrogen-bond donors (Lipinski definition) is 2. The van der Waals surface area contributed by atoms with E-state index in [1.165, 1.54) is 18.5 Å². The maximum Gasteiger partial charge on any atom is 0.259 e. The standard InChI is InChI=1S/C23H22ClN3O5/c1-2-3-10-31-18-7-4-15(5-8-18)23(30)25-13-21(28)27-26-12-16-14-32-20-9-6-17(24)11-19(20)22(16)29/h4-9,11-12,14H,2-3,10,13H2,1H3,(H,25,30)(H,27,28)/b26-12+. The molecule has 0 aliphatic heterocycles. The highest BCUT2D eigenvalue weighted by Gasteiger charge is 2.09. The Balaban J connectivity index is 1.50. The number of unbranched alkanes of at least 4 members (excludes halogenated alkanes) is 1. The summed E-state index contributed by atoms with van der Waals surface area (Å²) in [7, 11) is 0. The van der Waals surface area contributed by atoms with Crippen molar-refractivity contribution in [3.63, 3.8) is 0 Å². The smallest absolute Gasteiger partial charge is 0.259 e. The van der Waals surface area contributed by atoms with Crippen LogP contribution in [0.3, 0.4) is 0 Å². The third kappa shape index (κ3) is 6.18. The molecule has 0 saturated heterocycles. The minimum absolute atomic E-state index is 0.144. The number of hydrazone groups is 1. The summed E-state index contributed by atoms with van der Waals surface area (Å²) in [6, 6.07) is 11.4. The summed E-state index contributed by atoms with van der Waals surface area (Å²) in [6.07, 6.45) is 4.41. The lowest BCUT2D eigenvalue weighted by Crippen LogP contribution is -2.35. The van der Waals surface area contributed by atoms with Crippen LogP contribution in [-0.4, -0.2) is 31.2 Å². The van der Waals surface area contributed by atoms with E-state index in [0.717, 1.165) is 12.8 Å². The average Bonchev–Trinajstić information content (AvgIpc) is 2.80. The van der Waals surface area contributed by atoms with Crippen molar-refractivity contribution in [3.8, 4) is 5.75 Å². The largest absolute Gasteiger partial charge is 0.494 e. The van der Waals surface area contributed by atoms with Crippen molar-refractivity contribution in [3.05, 3.63) is 75.1 Å². The van der Waals surface area contributed by atoms with E-state index < -0.39 is 11.8 Å². The molecule has 0 atom stereocenters. The van der Waals surface area contributed by atoms with Gasteiger partial charge in [-0.05, 0) is 48.9 Å². The van der Waals surface area contributed by atoms with E-state index in [9.17, 15) is 14.4 Å². The van der Waals surface area contributed by atoms with E-state index >= 15 is 0 Å². The minimum atomic E-state index is -0.553. The van der Waals surface area contributed by atoms with E-state index in [4.69, 9.17) is 20.8 Å². The van der Waals surface area contributed by atoms with Gasteiger partial charge in [0, 0.05) is 10.6 Å². The molecule has 3 aromatic rings. The Kier molecular flexibility index (Phi) is 7.99. The Morgan fingerprint density at radius 3 is 2.72 bits per heavy atom. The van der Waals surface area contributed by atoms with E-state index in [1.54, 1.807) is 36.4 Å². The van der Waals surface area contributed by atoms with Crippen LogP contribution >= 0.6 is 11.6 Å². The maximum atomic E-state index is 12.4. The first-order valence-electron chi connectivity index (χ1n) is 10.0. The number of fused-ring (bicyclic) bond motifs is 1. The van der Waals surface area contributed by atoms with Gasteiger partial charge in [-0.2, -0.15) is 5.10 Å². The fourth-order valence-corrected chi connectivity index (χ4v) is 2.89. The van der Waals surface area contributed by atoms with Crippen molar-refractivity contribution in [1.82, 2.24) is 10.7 Å². The molecular weight excluding hydrogens is 434 g/mol. The number of benzene rings is 2. The molecule has 2 N–H and O–H groups in total. The monoisotopic (exact) mass is 455 g/mol. The zero-order valence-corrected chi connectivity index (χ0v) is 18.1. The second-order valence-electron chi connectivity index (χ2n) is 6.86. The van der Waals surface area contributed by atoms with Crippen LogP contribution in [0.25, 0.3) is 11.0 Å². The molecule has 0 bridgehead atoms. The number of nitrogens with zero attached hydrogens (tertiary/aromatic N) is 1. The number of carbonyl (C=O) groups excluding carboxylic acids is 2. The fourth-order valence-electron chi connectivity index (χ4n) is 2.72. The second kappa shape index (κ2) is 11.1. The van der Waals surface area contributed by atoms with E-state index in [0.29, 0.717) is 33.9 Å². The quantitative estimate of drug-likeness (QED) is 0.291. The highest BCUT2D eigenvalue weighted by Crippen LogP contribution is 2.16. The SMILES string of the molecule is CCCCOc1ccc(C(=O)NCC(=O)N/N=C/c2coc3ccc(Cl)cc3c2=O)cc1. The van der Waals surface area contributed by atoms with Crippen molar-refractivity contribution in [1.29, 1.82) is 0 Å². The summed E-state index contributed by atoms with van der Waals surface area (Å²) < 4.78 is 10.9. The molecule has 0 unspecified atom stereocenters. The summed E-state index contributed by atoms with van der Waals surface area (Å²) in [4.78, 5) is 36.5. The van der Waals surface area contributed by atoms with Crippen molar-refractivity contribution in [2.24, 2.45) is 5.10 Å². The van der Waals surface area contributed by atoms with Gasteiger partial charge in [0.15, 0.2) is 0 Å². The van der Waals surface area contributed by atoms with Crippen molar-refractivity contribution >= 4 is 40.6 Å². The molecule has 8 nitrogen and oxygen atoms in total. The topological polar surface area (TPSA) is 110 Å². The Labute approximate surface area is 189 Å². The summed E-state index contributed by atoms with van der Waals surface area (Å²) in [5, 5.41) is 6.96. The molecule has 3 rings (SSSR count). The summed E-state index contributed by atoms with van der Waals surface area (Å²) in [5.74, 6) is -0.277. The number of carbonyl (C=O) groups is 2. The Hall–Kier alpha value is -3.65. The Morgan fingerprint density at radius 1 is 1.19 bits per heavy atom. The lowest BCUT2D eigenvalue weighted by Gasteiger charge is -2.07. The van der Waals surface area contributed by atoms with Gasteiger partial charge < -0.3 is 14.5 Å². The van der Waals surface area contributed by atoms with E-state index in [2.05, 4.69) is 22.8 Å². The van der Waals surface area contributed by atoms with Gasteiger partial charge in [0.25, 0.3) is 11.8 Å². The minimum Gasteiger partial charge on any atom is -0.494 e. The molecule has 0 aliphatic carbocycles. The number of nitrogens with one attached hydrogen (secondary N) is 2. The molecule has 0 spiro atoms. The highest BCUT2D eigenvalue weighted by atomic mass is 35.5. The molecule has 1 heterocycles. The van der Waals surface area contributed by atoms with Crippen LogP contribution in [0.2, 0.25) is 5.02 Å². The molecule has 0 radical (unpaired) electrons. The van der Waals surface area contributed by atoms with Crippen LogP contribution < -0.4 is 20.9 Å². The average molecular weight is 456 g/mol. The first-order valence-corrected chi connectivity index (χ1v) is 10.4. The fraction of sp³-hybridized carbons (Fsp3) is 0.217. The number of amides is 2. The first-order chi connectivity index (χ1) is 15.5. The molecule has 32 heavy (non-hydrogen) atoms. The number of ether oxygens (including phenoxy) is 1. The van der Waals surface area contributed by atoms with Crippen molar-refractivity contribution < 1.29 is 18.7 Å². The van der Waals surface area contributed by atoms with Crippen LogP contribution in [0.5, 0.6) is 5.75 Å². The molecule has 0 aliphatic rings. The zero-order valence-electron chi connectivity index (χ0n) is 17.4. The highest BCUT2D eigenvalue weighted by molar-refractivity contribution is 6.31. The predicted octanol–water partition coefficient (Wildman–Crippen LogP) is 3.51. The predicted molar refractivity (Wildman–Crippen MR) is 122 cm³/mol. The summed E-state index contributed by atoms with van der Waals surface area (Å²) >= 11 is 5.91. The molecule has 0 fully saturated rings. The van der Waals surface area contributed by atoms with Gasteiger partial charge >= 0.3 is 0 Å². The molecule has 2 aromatic carbocycles. The van der Waals surface area contributed by atoms with Gasteiger partial charge in [-0.25, -0.2) is 5.43 Å². The second-order valence-corrected chi connectivity index (χ2v) is 7.30. The lowest BCUT2D eigenvalue weighted by atomic mass is 10.2. The van der Waals surface area contributed by atoms with Gasteiger partial charge in [0.2, 0.25) is 5.43 Å². The van der Waals surface area contributed by atoms with Crippen LogP contribution in [0.4, 0.5) is 0 Å². The van der Waals surface area contributed by atoms with Gasteiger partial charge in [-0.1, -0.05) is 24.9 Å². The van der Waals surface area contributed by atoms with E-state index in [1.807, 2.05) is 0 Å². The van der Waals surface area contributed by atoms with Gasteiger partial charge in [-0.3, -0.25) is 14.4 Å². The van der Waals surface area contributed by atoms with Gasteiger partial charge in [0.1, 0.15) is 17.6 Å². The molecule has 9 heteroatoms. The normalized spacial score (nSPS) is 10.9. The summed E-state index contributed by atoms with van der Waals surface area (Å²) in [6.45, 7) is 2.42.